The third kappa shape index (κ3) is 6.48. The number of hydrogen-bond donors (Lipinski definition) is 1. The second-order valence-electron chi connectivity index (χ2n) is 9.57. The molecule has 188 valence electrons. The van der Waals surface area contributed by atoms with E-state index >= 15 is 4.39 Å². The van der Waals surface area contributed by atoms with E-state index in [0.717, 1.165) is 38.2 Å². The number of thioether (sulfide) groups is 1. The van der Waals surface area contributed by atoms with E-state index in [1.807, 2.05) is 23.9 Å². The van der Waals surface area contributed by atoms with Gasteiger partial charge in [-0.2, -0.15) is 0 Å². The van der Waals surface area contributed by atoms with Crippen molar-refractivity contribution in [2.45, 2.75) is 43.7 Å². The third-order valence-corrected chi connectivity index (χ3v) is 8.50. The molecule has 2 aromatic carbocycles. The average molecular weight is 517 g/mol. The van der Waals surface area contributed by atoms with Crippen LogP contribution in [0.5, 0.6) is 5.75 Å². The summed E-state index contributed by atoms with van der Waals surface area (Å²) in [6, 6.07) is 14.0. The number of aromatic nitrogens is 1. The number of alkyl halides is 1. The summed E-state index contributed by atoms with van der Waals surface area (Å²) in [5, 5.41) is 11.3. The maximum atomic E-state index is 15.6. The van der Waals surface area contributed by atoms with Crippen molar-refractivity contribution in [1.29, 1.82) is 0 Å². The zero-order valence-electron chi connectivity index (χ0n) is 20.5. The fourth-order valence-corrected chi connectivity index (χ4v) is 6.22. The van der Waals surface area contributed by atoms with Crippen molar-refractivity contribution < 1.29 is 14.2 Å². The highest BCUT2D eigenvalue weighted by Crippen LogP contribution is 2.42. The summed E-state index contributed by atoms with van der Waals surface area (Å²) < 4.78 is 20.9. The smallest absolute Gasteiger partial charge is 0.127 e. The minimum atomic E-state index is -1.23. The highest BCUT2D eigenvalue weighted by Gasteiger charge is 2.35. The van der Waals surface area contributed by atoms with Gasteiger partial charge in [-0.05, 0) is 81.4 Å². The zero-order valence-corrected chi connectivity index (χ0v) is 22.0. The number of methoxy groups -OCH3 is 1. The van der Waals surface area contributed by atoms with Gasteiger partial charge >= 0.3 is 0 Å². The summed E-state index contributed by atoms with van der Waals surface area (Å²) in [4.78, 5) is 8.10. The van der Waals surface area contributed by atoms with E-state index in [9.17, 15) is 5.11 Å². The first-order valence-electron chi connectivity index (χ1n) is 12.2. The summed E-state index contributed by atoms with van der Waals surface area (Å²) in [6.45, 7) is 5.09. The molecule has 1 aliphatic heterocycles. The zero-order chi connectivity index (χ0) is 24.8. The van der Waals surface area contributed by atoms with Crippen LogP contribution >= 0.6 is 23.4 Å². The van der Waals surface area contributed by atoms with Gasteiger partial charge in [0, 0.05) is 40.9 Å². The number of nitrogens with zero attached hydrogens (tertiary/aromatic N) is 2. The van der Waals surface area contributed by atoms with Gasteiger partial charge in [0.15, 0.2) is 0 Å². The van der Waals surface area contributed by atoms with Crippen molar-refractivity contribution in [3.63, 3.8) is 0 Å². The molecule has 1 N–H and O–H groups in total. The molecule has 0 aliphatic carbocycles. The Labute approximate surface area is 216 Å². The molecule has 0 radical (unpaired) electrons. The van der Waals surface area contributed by atoms with Gasteiger partial charge in [0.25, 0.3) is 0 Å². The van der Waals surface area contributed by atoms with Crippen LogP contribution in [-0.2, 0) is 0 Å². The van der Waals surface area contributed by atoms with E-state index in [1.165, 1.54) is 16.7 Å². The predicted octanol–water partition coefficient (Wildman–Crippen LogP) is 6.86. The SMILES string of the molecule is COc1ccc2ncc(Cl)c(C(F)CCC3(CO)CCN(CCSc4cccc(C)c4)CC3)c2c1. The summed E-state index contributed by atoms with van der Waals surface area (Å²) in [7, 11) is 1.59. The van der Waals surface area contributed by atoms with Crippen molar-refractivity contribution in [3.05, 3.63) is 64.8 Å². The predicted molar refractivity (Wildman–Crippen MR) is 143 cm³/mol. The van der Waals surface area contributed by atoms with Crippen LogP contribution in [0.2, 0.25) is 5.02 Å². The number of aryl methyl sites for hydroxylation is 1. The Hall–Kier alpha value is -1.86. The number of fused-ring (bicyclic) bond motifs is 1. The lowest BCUT2D eigenvalue weighted by atomic mass is 9.74. The minimum absolute atomic E-state index is 0.0875. The number of rotatable bonds is 10. The summed E-state index contributed by atoms with van der Waals surface area (Å²) >= 11 is 8.29. The van der Waals surface area contributed by atoms with Crippen LogP contribution < -0.4 is 4.74 Å². The molecule has 1 fully saturated rings. The molecule has 4 rings (SSSR count). The van der Waals surface area contributed by atoms with Gasteiger partial charge in [-0.3, -0.25) is 4.98 Å². The van der Waals surface area contributed by atoms with E-state index in [2.05, 4.69) is 41.1 Å². The second kappa shape index (κ2) is 11.9. The van der Waals surface area contributed by atoms with E-state index in [-0.39, 0.29) is 12.0 Å². The molecule has 35 heavy (non-hydrogen) atoms. The average Bonchev–Trinajstić information content (AvgIpc) is 2.88. The maximum Gasteiger partial charge on any atom is 0.127 e. The molecule has 3 aromatic rings. The standard InChI is InChI=1S/C28H34ClFN2O2S/c1-20-4-3-5-22(16-20)35-15-14-32-12-10-28(19-33,11-13-32)9-8-25(30)27-23-17-21(34-2)6-7-26(23)31-18-24(27)29/h3-7,16-18,25,33H,8-15,19H2,1-2H3. The lowest BCUT2D eigenvalue weighted by molar-refractivity contribution is 0.0323. The van der Waals surface area contributed by atoms with Crippen molar-refractivity contribution in [2.75, 3.05) is 39.1 Å². The monoisotopic (exact) mass is 516 g/mol. The van der Waals surface area contributed by atoms with Gasteiger partial charge in [0.1, 0.15) is 11.9 Å². The third-order valence-electron chi connectivity index (χ3n) is 7.23. The van der Waals surface area contributed by atoms with Crippen molar-refractivity contribution >= 4 is 34.3 Å². The Morgan fingerprint density at radius 1 is 1.23 bits per heavy atom. The number of aliphatic hydroxyl groups excluding tert-OH is 1. The largest absolute Gasteiger partial charge is 0.497 e. The van der Waals surface area contributed by atoms with Gasteiger partial charge in [0.2, 0.25) is 0 Å². The normalized spacial score (nSPS) is 16.9. The van der Waals surface area contributed by atoms with Crippen LogP contribution in [0.15, 0.2) is 53.6 Å². The molecule has 0 spiro atoms. The highest BCUT2D eigenvalue weighted by atomic mass is 35.5. The van der Waals surface area contributed by atoms with Crippen LogP contribution in [0.3, 0.4) is 0 Å². The molecule has 1 aromatic heterocycles. The number of aliphatic hydroxyl groups is 1. The first-order valence-corrected chi connectivity index (χ1v) is 13.6. The van der Waals surface area contributed by atoms with E-state index in [0.29, 0.717) is 40.1 Å². The van der Waals surface area contributed by atoms with Crippen LogP contribution in [0.4, 0.5) is 4.39 Å². The van der Waals surface area contributed by atoms with Crippen LogP contribution in [0.1, 0.15) is 43.0 Å². The molecule has 0 amide bonds. The number of benzene rings is 2. The summed E-state index contributed by atoms with van der Waals surface area (Å²) in [5.74, 6) is 1.69. The molecule has 1 unspecified atom stereocenters. The summed E-state index contributed by atoms with van der Waals surface area (Å²) in [5.41, 5.74) is 2.21. The Kier molecular flexibility index (Phi) is 8.92. The number of hydrogen-bond acceptors (Lipinski definition) is 5. The van der Waals surface area contributed by atoms with E-state index in [1.54, 1.807) is 13.2 Å². The van der Waals surface area contributed by atoms with Gasteiger partial charge in [-0.25, -0.2) is 4.39 Å². The molecule has 0 bridgehead atoms. The number of halogens is 2. The molecule has 1 atom stereocenters. The first kappa shape index (κ1) is 26.2. The molecular weight excluding hydrogens is 483 g/mol. The van der Waals surface area contributed by atoms with Crippen molar-refractivity contribution in [3.8, 4) is 5.75 Å². The van der Waals surface area contributed by atoms with Crippen molar-refractivity contribution in [2.24, 2.45) is 5.41 Å². The fraction of sp³-hybridized carbons (Fsp3) is 0.464. The Balaban J connectivity index is 1.33. The Bertz CT molecular complexity index is 1140. The second-order valence-corrected chi connectivity index (χ2v) is 11.1. The number of ether oxygens (including phenoxy) is 1. The van der Waals surface area contributed by atoms with Crippen LogP contribution in [0, 0.1) is 12.3 Å². The molecule has 1 aliphatic rings. The van der Waals surface area contributed by atoms with Crippen LogP contribution in [-0.4, -0.2) is 54.1 Å². The molecule has 2 heterocycles. The van der Waals surface area contributed by atoms with Gasteiger partial charge in [-0.1, -0.05) is 29.3 Å². The number of likely N-dealkylation sites (tertiary alicyclic amines) is 1. The van der Waals surface area contributed by atoms with E-state index in [4.69, 9.17) is 16.3 Å². The molecule has 4 nitrogen and oxygen atoms in total. The maximum absolute atomic E-state index is 15.6. The van der Waals surface area contributed by atoms with Gasteiger partial charge in [0.05, 0.1) is 17.6 Å². The van der Waals surface area contributed by atoms with E-state index < -0.39 is 6.17 Å². The summed E-state index contributed by atoms with van der Waals surface area (Å²) in [6.07, 6.45) is 2.99. The first-order chi connectivity index (χ1) is 16.9. The van der Waals surface area contributed by atoms with Gasteiger partial charge < -0.3 is 14.7 Å². The number of pyridine rings is 1. The molecule has 1 saturated heterocycles. The highest BCUT2D eigenvalue weighted by molar-refractivity contribution is 7.99. The quantitative estimate of drug-likeness (QED) is 0.298. The Morgan fingerprint density at radius 2 is 2.03 bits per heavy atom. The Morgan fingerprint density at radius 3 is 2.74 bits per heavy atom. The topological polar surface area (TPSA) is 45.6 Å². The minimum Gasteiger partial charge on any atom is -0.497 e. The lowest BCUT2D eigenvalue weighted by Gasteiger charge is -2.41. The number of piperidine rings is 1. The van der Waals surface area contributed by atoms with Crippen molar-refractivity contribution in [1.82, 2.24) is 9.88 Å². The lowest BCUT2D eigenvalue weighted by Crippen LogP contribution is -2.42. The fourth-order valence-electron chi connectivity index (χ4n) is 4.93. The molecule has 0 saturated carbocycles. The molecule has 7 heteroatoms. The van der Waals surface area contributed by atoms with Gasteiger partial charge in [-0.15, -0.1) is 11.8 Å². The van der Waals surface area contributed by atoms with Crippen LogP contribution in [0.25, 0.3) is 10.9 Å². The molecular formula is C28H34ClFN2O2S.